The van der Waals surface area contributed by atoms with Gasteiger partial charge in [0.2, 0.25) is 0 Å². The minimum absolute atomic E-state index is 0.00314. The second-order valence-corrected chi connectivity index (χ2v) is 7.73. The van der Waals surface area contributed by atoms with Gasteiger partial charge in [-0.1, -0.05) is 12.1 Å². The Kier molecular flexibility index (Phi) is 6.75. The van der Waals surface area contributed by atoms with Gasteiger partial charge in [0.05, 0.1) is 12.8 Å². The zero-order chi connectivity index (χ0) is 22.7. The number of hydrogen-bond donors (Lipinski definition) is 1. The summed E-state index contributed by atoms with van der Waals surface area (Å²) in [6.45, 7) is 9.74. The van der Waals surface area contributed by atoms with Gasteiger partial charge in [-0.3, -0.25) is 19.8 Å². The molecule has 0 aliphatic carbocycles. The Balaban J connectivity index is 2.05. The molecule has 1 aliphatic rings. The Morgan fingerprint density at radius 3 is 2.45 bits per heavy atom. The van der Waals surface area contributed by atoms with E-state index in [0.29, 0.717) is 17.0 Å². The van der Waals surface area contributed by atoms with Crippen LogP contribution in [0.25, 0.3) is 6.08 Å². The topological polar surface area (TPSA) is 61.9 Å². The van der Waals surface area contributed by atoms with E-state index in [9.17, 15) is 9.59 Å². The first-order valence-electron chi connectivity index (χ1n) is 10.2. The van der Waals surface area contributed by atoms with Crippen molar-refractivity contribution >= 4 is 46.6 Å². The highest BCUT2D eigenvalue weighted by Gasteiger charge is 2.35. The Bertz CT molecular complexity index is 1070. The van der Waals surface area contributed by atoms with Gasteiger partial charge in [-0.2, -0.15) is 0 Å². The number of thiocarbonyl (C=S) groups is 1. The van der Waals surface area contributed by atoms with E-state index in [0.717, 1.165) is 29.9 Å². The lowest BCUT2D eigenvalue weighted by atomic mass is 10.0. The second kappa shape index (κ2) is 9.31. The fourth-order valence-corrected chi connectivity index (χ4v) is 3.87. The van der Waals surface area contributed by atoms with Crippen molar-refractivity contribution in [1.29, 1.82) is 0 Å². The van der Waals surface area contributed by atoms with E-state index in [1.165, 1.54) is 4.90 Å². The smallest absolute Gasteiger partial charge is 0.270 e. The quantitative estimate of drug-likeness (QED) is 0.421. The SMILES string of the molecule is CCN(CC)c1ccc(/C=C2\C(=O)NC(=S)N(c3cc(C)ccc3C)C2=O)c(OC)c1. The van der Waals surface area contributed by atoms with Crippen LogP contribution in [0, 0.1) is 13.8 Å². The first-order valence-corrected chi connectivity index (χ1v) is 10.6. The summed E-state index contributed by atoms with van der Waals surface area (Å²) in [6.07, 6.45) is 1.56. The number of rotatable bonds is 6. The van der Waals surface area contributed by atoms with E-state index in [2.05, 4.69) is 24.1 Å². The molecule has 0 atom stereocenters. The predicted octanol–water partition coefficient (Wildman–Crippen LogP) is 3.99. The molecular weight excluding hydrogens is 410 g/mol. The zero-order valence-corrected chi connectivity index (χ0v) is 19.3. The minimum Gasteiger partial charge on any atom is -0.496 e. The molecule has 0 unspecified atom stereocenters. The number of benzene rings is 2. The number of amides is 2. The standard InChI is InChI=1S/C24H27N3O3S/c1-6-26(7-2)18-11-10-17(21(14-18)30-5)13-19-22(28)25-24(31)27(23(19)29)20-12-15(3)8-9-16(20)4/h8-14H,6-7H2,1-5H3,(H,25,28,31)/b19-13+. The maximum atomic E-state index is 13.3. The van der Waals surface area contributed by atoms with Crippen molar-refractivity contribution < 1.29 is 14.3 Å². The van der Waals surface area contributed by atoms with Crippen molar-refractivity contribution in [1.82, 2.24) is 5.32 Å². The van der Waals surface area contributed by atoms with E-state index in [4.69, 9.17) is 17.0 Å². The van der Waals surface area contributed by atoms with Crippen LogP contribution in [-0.4, -0.2) is 37.1 Å². The van der Waals surface area contributed by atoms with Crippen molar-refractivity contribution in [3.8, 4) is 5.75 Å². The first-order chi connectivity index (χ1) is 14.8. The molecule has 1 aliphatic heterocycles. The summed E-state index contributed by atoms with van der Waals surface area (Å²) >= 11 is 5.32. The van der Waals surface area contributed by atoms with Crippen LogP contribution >= 0.6 is 12.2 Å². The molecule has 7 heteroatoms. The molecule has 0 spiro atoms. The lowest BCUT2D eigenvalue weighted by Gasteiger charge is -2.30. The Morgan fingerprint density at radius 1 is 1.10 bits per heavy atom. The molecule has 0 saturated carbocycles. The normalized spacial score (nSPS) is 15.3. The van der Waals surface area contributed by atoms with Crippen molar-refractivity contribution in [3.05, 3.63) is 58.7 Å². The van der Waals surface area contributed by atoms with E-state index in [-0.39, 0.29) is 10.7 Å². The third-order valence-corrected chi connectivity index (χ3v) is 5.64. The molecule has 3 rings (SSSR count). The van der Waals surface area contributed by atoms with Crippen molar-refractivity contribution in [2.75, 3.05) is 30.0 Å². The molecule has 1 N–H and O–H groups in total. The second-order valence-electron chi connectivity index (χ2n) is 7.35. The van der Waals surface area contributed by atoms with Crippen LogP contribution in [0.1, 0.15) is 30.5 Å². The molecular formula is C24H27N3O3S. The van der Waals surface area contributed by atoms with Gasteiger partial charge < -0.3 is 9.64 Å². The number of nitrogens with zero attached hydrogens (tertiary/aromatic N) is 2. The van der Waals surface area contributed by atoms with Crippen LogP contribution < -0.4 is 19.9 Å². The third-order valence-electron chi connectivity index (χ3n) is 5.35. The summed E-state index contributed by atoms with van der Waals surface area (Å²) in [5.74, 6) is -0.396. The maximum Gasteiger partial charge on any atom is 0.270 e. The number of anilines is 2. The Labute approximate surface area is 188 Å². The third kappa shape index (κ3) is 4.46. The van der Waals surface area contributed by atoms with E-state index >= 15 is 0 Å². The number of carbonyl (C=O) groups is 2. The number of hydrogen-bond acceptors (Lipinski definition) is 5. The van der Waals surface area contributed by atoms with Gasteiger partial charge in [-0.05, 0) is 75.3 Å². The summed E-state index contributed by atoms with van der Waals surface area (Å²) in [4.78, 5) is 29.6. The number of ether oxygens (including phenoxy) is 1. The lowest BCUT2D eigenvalue weighted by Crippen LogP contribution is -2.54. The predicted molar refractivity (Wildman–Crippen MR) is 129 cm³/mol. The van der Waals surface area contributed by atoms with E-state index in [1.807, 2.05) is 50.2 Å². The number of nitrogens with one attached hydrogen (secondary N) is 1. The fraction of sp³-hybridized carbons (Fsp3) is 0.292. The fourth-order valence-electron chi connectivity index (χ4n) is 3.60. The van der Waals surface area contributed by atoms with Crippen LogP contribution in [0.2, 0.25) is 0 Å². The summed E-state index contributed by atoms with van der Waals surface area (Å²) in [6, 6.07) is 11.5. The molecule has 2 aromatic rings. The monoisotopic (exact) mass is 437 g/mol. The van der Waals surface area contributed by atoms with Gasteiger partial charge in [-0.25, -0.2) is 0 Å². The molecule has 2 aromatic carbocycles. The molecule has 162 valence electrons. The number of carbonyl (C=O) groups excluding carboxylic acids is 2. The average Bonchev–Trinajstić information content (AvgIpc) is 2.74. The van der Waals surface area contributed by atoms with Crippen molar-refractivity contribution in [2.24, 2.45) is 0 Å². The van der Waals surface area contributed by atoms with Gasteiger partial charge in [0, 0.05) is 30.4 Å². The van der Waals surface area contributed by atoms with Gasteiger partial charge in [0.15, 0.2) is 5.11 Å². The van der Waals surface area contributed by atoms with Gasteiger partial charge in [-0.15, -0.1) is 0 Å². The summed E-state index contributed by atoms with van der Waals surface area (Å²) in [5, 5.41) is 2.71. The molecule has 1 heterocycles. The van der Waals surface area contributed by atoms with Gasteiger partial charge >= 0.3 is 0 Å². The van der Waals surface area contributed by atoms with E-state index in [1.54, 1.807) is 13.2 Å². The van der Waals surface area contributed by atoms with Crippen LogP contribution in [0.4, 0.5) is 11.4 Å². The Hall–Kier alpha value is -3.19. The van der Waals surface area contributed by atoms with Crippen LogP contribution in [-0.2, 0) is 9.59 Å². The molecule has 1 saturated heterocycles. The largest absolute Gasteiger partial charge is 0.496 e. The number of aryl methyl sites for hydroxylation is 2. The summed E-state index contributed by atoms with van der Waals surface area (Å²) in [7, 11) is 1.57. The summed E-state index contributed by atoms with van der Waals surface area (Å²) < 4.78 is 5.55. The molecule has 6 nitrogen and oxygen atoms in total. The minimum atomic E-state index is -0.522. The highest BCUT2D eigenvalue weighted by atomic mass is 32.1. The van der Waals surface area contributed by atoms with Crippen molar-refractivity contribution in [2.45, 2.75) is 27.7 Å². The molecule has 0 radical (unpaired) electrons. The molecule has 0 bridgehead atoms. The van der Waals surface area contributed by atoms with E-state index < -0.39 is 11.8 Å². The highest BCUT2D eigenvalue weighted by molar-refractivity contribution is 7.80. The molecule has 0 aromatic heterocycles. The zero-order valence-electron chi connectivity index (χ0n) is 18.5. The highest BCUT2D eigenvalue weighted by Crippen LogP contribution is 2.30. The van der Waals surface area contributed by atoms with Crippen LogP contribution in [0.5, 0.6) is 5.75 Å². The molecule has 1 fully saturated rings. The van der Waals surface area contributed by atoms with Gasteiger partial charge in [0.25, 0.3) is 11.8 Å². The molecule has 2 amide bonds. The van der Waals surface area contributed by atoms with Crippen molar-refractivity contribution in [3.63, 3.8) is 0 Å². The van der Waals surface area contributed by atoms with Gasteiger partial charge in [0.1, 0.15) is 11.3 Å². The first kappa shape index (κ1) is 22.5. The maximum absolute atomic E-state index is 13.3. The lowest BCUT2D eigenvalue weighted by molar-refractivity contribution is -0.122. The van der Waals surface area contributed by atoms with Crippen LogP contribution in [0.15, 0.2) is 42.0 Å². The van der Waals surface area contributed by atoms with Crippen LogP contribution in [0.3, 0.4) is 0 Å². The Morgan fingerprint density at radius 2 is 1.81 bits per heavy atom. The molecule has 31 heavy (non-hydrogen) atoms. The number of methoxy groups -OCH3 is 1. The summed E-state index contributed by atoms with van der Waals surface area (Å²) in [5.41, 5.74) is 4.20. The average molecular weight is 438 g/mol.